The van der Waals surface area contributed by atoms with Crippen molar-refractivity contribution in [1.82, 2.24) is 0 Å². The Hall–Kier alpha value is -1.51. The molecule has 0 radical (unpaired) electrons. The van der Waals surface area contributed by atoms with Crippen molar-refractivity contribution in [3.63, 3.8) is 0 Å². The number of hydrogen-bond acceptors (Lipinski definition) is 2. The normalized spacial score (nSPS) is 11.7. The van der Waals surface area contributed by atoms with Gasteiger partial charge in [0.2, 0.25) is 0 Å². The van der Waals surface area contributed by atoms with E-state index in [-0.39, 0.29) is 5.56 Å². The lowest BCUT2D eigenvalue weighted by molar-refractivity contribution is 0.0976. The molecule has 2 nitrogen and oxygen atoms in total. The van der Waals surface area contributed by atoms with Gasteiger partial charge in [-0.2, -0.15) is 5.26 Å². The summed E-state index contributed by atoms with van der Waals surface area (Å²) in [7, 11) is 0. The molecule has 0 aliphatic carbocycles. The summed E-state index contributed by atoms with van der Waals surface area (Å²) in [6.45, 7) is 0. The highest BCUT2D eigenvalue weighted by molar-refractivity contribution is 9.11. The maximum Gasteiger partial charge on any atom is 0.185 e. The van der Waals surface area contributed by atoms with Gasteiger partial charge in [0.15, 0.2) is 5.78 Å². The largest absolute Gasteiger partial charge is 0.292 e. The predicted molar refractivity (Wildman–Crippen MR) is 80.9 cm³/mol. The van der Waals surface area contributed by atoms with Gasteiger partial charge in [-0.25, -0.2) is 4.39 Å². The lowest BCUT2D eigenvalue weighted by atomic mass is 9.91. The molecule has 2 aromatic rings. The van der Waals surface area contributed by atoms with Crippen LogP contribution >= 0.6 is 31.9 Å². The monoisotopic (exact) mass is 395 g/mol. The molecule has 0 heterocycles. The first-order valence-corrected chi connectivity index (χ1v) is 7.26. The first kappa shape index (κ1) is 14.9. The smallest absolute Gasteiger partial charge is 0.185 e. The fourth-order valence-electron chi connectivity index (χ4n) is 1.82. The van der Waals surface area contributed by atoms with Gasteiger partial charge in [0.25, 0.3) is 0 Å². The summed E-state index contributed by atoms with van der Waals surface area (Å²) in [4.78, 5) is 12.4. The maximum atomic E-state index is 13.7. The average molecular weight is 397 g/mol. The molecule has 100 valence electrons. The van der Waals surface area contributed by atoms with E-state index in [1.54, 1.807) is 24.3 Å². The molecule has 0 saturated heterocycles. The zero-order chi connectivity index (χ0) is 14.7. The standard InChI is InChI=1S/C15H8Br2FNO/c16-9-5-6-11(13(17)7-9)15(20)12(8-19)10-3-1-2-4-14(10)18/h1-7,12H. The lowest BCUT2D eigenvalue weighted by Crippen LogP contribution is -2.13. The van der Waals surface area contributed by atoms with E-state index in [9.17, 15) is 14.4 Å². The highest BCUT2D eigenvalue weighted by atomic mass is 79.9. The van der Waals surface area contributed by atoms with Crippen LogP contribution in [-0.4, -0.2) is 5.78 Å². The minimum atomic E-state index is -1.16. The first-order valence-electron chi connectivity index (χ1n) is 5.68. The van der Waals surface area contributed by atoms with Crippen LogP contribution < -0.4 is 0 Å². The summed E-state index contributed by atoms with van der Waals surface area (Å²) in [6.07, 6.45) is 0. The van der Waals surface area contributed by atoms with E-state index in [4.69, 9.17) is 0 Å². The van der Waals surface area contributed by atoms with Crippen molar-refractivity contribution >= 4 is 37.6 Å². The van der Waals surface area contributed by atoms with Crippen LogP contribution in [0.3, 0.4) is 0 Å². The summed E-state index contributed by atoms with van der Waals surface area (Å²) in [5.74, 6) is -2.15. The number of benzene rings is 2. The maximum absolute atomic E-state index is 13.7. The van der Waals surface area contributed by atoms with Crippen LogP contribution in [0.2, 0.25) is 0 Å². The second-order valence-corrected chi connectivity index (χ2v) is 5.84. The van der Waals surface area contributed by atoms with Gasteiger partial charge in [-0.15, -0.1) is 0 Å². The molecule has 0 amide bonds. The number of carbonyl (C=O) groups is 1. The Morgan fingerprint density at radius 2 is 1.90 bits per heavy atom. The fraction of sp³-hybridized carbons (Fsp3) is 0.0667. The molecule has 0 saturated carbocycles. The number of halogens is 3. The van der Waals surface area contributed by atoms with E-state index in [2.05, 4.69) is 31.9 Å². The Morgan fingerprint density at radius 1 is 1.20 bits per heavy atom. The van der Waals surface area contributed by atoms with E-state index < -0.39 is 17.5 Å². The number of nitriles is 1. The topological polar surface area (TPSA) is 40.9 Å². The molecule has 2 aromatic carbocycles. The molecule has 1 atom stereocenters. The van der Waals surface area contributed by atoms with Gasteiger partial charge in [0, 0.05) is 20.1 Å². The molecule has 20 heavy (non-hydrogen) atoms. The van der Waals surface area contributed by atoms with Gasteiger partial charge in [-0.05, 0) is 24.3 Å². The summed E-state index contributed by atoms with van der Waals surface area (Å²) >= 11 is 6.57. The SMILES string of the molecule is N#CC(C(=O)c1ccc(Br)cc1Br)c1ccccc1F. The molecule has 0 spiro atoms. The van der Waals surface area contributed by atoms with Gasteiger partial charge >= 0.3 is 0 Å². The van der Waals surface area contributed by atoms with Gasteiger partial charge in [0.1, 0.15) is 11.7 Å². The first-order chi connectivity index (χ1) is 9.54. The molecule has 0 bridgehead atoms. The zero-order valence-electron chi connectivity index (χ0n) is 10.1. The van der Waals surface area contributed by atoms with Crippen molar-refractivity contribution in [2.45, 2.75) is 5.92 Å². The van der Waals surface area contributed by atoms with E-state index in [1.165, 1.54) is 18.2 Å². The summed E-state index contributed by atoms with van der Waals surface area (Å²) in [5.41, 5.74) is 0.442. The fourth-order valence-corrected chi connectivity index (χ4v) is 3.07. The number of rotatable bonds is 3. The van der Waals surface area contributed by atoms with Crippen LogP contribution in [0.5, 0.6) is 0 Å². The minimum Gasteiger partial charge on any atom is -0.292 e. The van der Waals surface area contributed by atoms with Crippen molar-refractivity contribution in [2.24, 2.45) is 0 Å². The summed E-state index contributed by atoms with van der Waals surface area (Å²) in [6, 6.07) is 12.7. The van der Waals surface area contributed by atoms with Crippen LogP contribution in [0, 0.1) is 17.1 Å². The van der Waals surface area contributed by atoms with E-state index in [0.717, 1.165) is 4.47 Å². The molecule has 0 aliphatic heterocycles. The average Bonchev–Trinajstić information content (AvgIpc) is 2.41. The summed E-state index contributed by atoms with van der Waals surface area (Å²) < 4.78 is 15.1. The molecule has 1 unspecified atom stereocenters. The second-order valence-electron chi connectivity index (χ2n) is 4.07. The highest BCUT2D eigenvalue weighted by Gasteiger charge is 2.25. The van der Waals surface area contributed by atoms with Crippen molar-refractivity contribution in [3.8, 4) is 6.07 Å². The van der Waals surface area contributed by atoms with Gasteiger partial charge in [-0.3, -0.25) is 4.79 Å². The Kier molecular flexibility index (Phi) is 4.69. The van der Waals surface area contributed by atoms with E-state index in [1.807, 2.05) is 6.07 Å². The summed E-state index contributed by atoms with van der Waals surface area (Å²) in [5, 5.41) is 9.22. The quantitative estimate of drug-likeness (QED) is 0.696. The van der Waals surface area contributed by atoms with Crippen LogP contribution in [0.15, 0.2) is 51.4 Å². The van der Waals surface area contributed by atoms with Crippen LogP contribution in [0.25, 0.3) is 0 Å². The van der Waals surface area contributed by atoms with E-state index >= 15 is 0 Å². The molecule has 0 aliphatic rings. The van der Waals surface area contributed by atoms with Crippen LogP contribution in [0.1, 0.15) is 21.8 Å². The van der Waals surface area contributed by atoms with Crippen LogP contribution in [0.4, 0.5) is 4.39 Å². The molecular weight excluding hydrogens is 389 g/mol. The second kappa shape index (κ2) is 6.29. The number of hydrogen-bond donors (Lipinski definition) is 0. The zero-order valence-corrected chi connectivity index (χ0v) is 13.3. The van der Waals surface area contributed by atoms with Gasteiger partial charge in [0.05, 0.1) is 6.07 Å². The number of carbonyl (C=O) groups excluding carboxylic acids is 1. The Labute approximate surface area is 132 Å². The Bertz CT molecular complexity index is 709. The van der Waals surface area contributed by atoms with Crippen molar-refractivity contribution in [3.05, 3.63) is 68.4 Å². The van der Waals surface area contributed by atoms with Crippen LogP contribution in [-0.2, 0) is 0 Å². The molecular formula is C15H8Br2FNO. The third-order valence-electron chi connectivity index (χ3n) is 2.80. The van der Waals surface area contributed by atoms with Crippen molar-refractivity contribution < 1.29 is 9.18 Å². The third kappa shape index (κ3) is 2.97. The minimum absolute atomic E-state index is 0.0924. The van der Waals surface area contributed by atoms with Crippen molar-refractivity contribution in [2.75, 3.05) is 0 Å². The molecule has 0 N–H and O–H groups in total. The predicted octanol–water partition coefficient (Wildman–Crippen LogP) is 4.84. The van der Waals surface area contributed by atoms with E-state index in [0.29, 0.717) is 10.0 Å². The molecule has 0 aromatic heterocycles. The molecule has 2 rings (SSSR count). The lowest BCUT2D eigenvalue weighted by Gasteiger charge is -2.11. The highest BCUT2D eigenvalue weighted by Crippen LogP contribution is 2.28. The third-order valence-corrected chi connectivity index (χ3v) is 3.95. The van der Waals surface area contributed by atoms with Gasteiger partial charge in [-0.1, -0.05) is 50.1 Å². The number of nitrogens with zero attached hydrogens (tertiary/aromatic N) is 1. The Morgan fingerprint density at radius 3 is 2.50 bits per heavy atom. The molecule has 0 fully saturated rings. The molecule has 5 heteroatoms. The number of ketones is 1. The number of Topliss-reactive ketones (excluding diaryl/α,β-unsaturated/α-hetero) is 1. The van der Waals surface area contributed by atoms with Crippen molar-refractivity contribution in [1.29, 1.82) is 5.26 Å². The Balaban J connectivity index is 2.45. The van der Waals surface area contributed by atoms with Gasteiger partial charge < -0.3 is 0 Å².